The maximum Gasteiger partial charge on any atom is 0.361 e. The molecule has 126 valence electrons. The maximum absolute atomic E-state index is 6.21. The molecule has 0 fully saturated rings. The molecule has 3 aromatic carbocycles. The van der Waals surface area contributed by atoms with Crippen molar-refractivity contribution in [1.29, 1.82) is 0 Å². The second-order valence-corrected chi connectivity index (χ2v) is 7.01. The topological polar surface area (TPSA) is 37.3 Å². The number of nitrogen functional groups attached to an aromatic ring is 1. The fourth-order valence-electron chi connectivity index (χ4n) is 2.73. The Morgan fingerprint density at radius 1 is 0.615 bits per heavy atom. The van der Waals surface area contributed by atoms with Gasteiger partial charge in [0.05, 0.1) is 23.3 Å². The van der Waals surface area contributed by atoms with Gasteiger partial charge in [-0.25, -0.2) is 4.42 Å². The molecule has 1 aromatic heterocycles. The SMILES string of the molecule is Nc1ccccc1Sc1cc(-c2ccccc2)[o+]c(-c2ccccc2)c1. The van der Waals surface area contributed by atoms with Crippen LogP contribution in [0.5, 0.6) is 0 Å². The second-order valence-electron chi connectivity index (χ2n) is 5.89. The molecule has 2 N–H and O–H groups in total. The quantitative estimate of drug-likeness (QED) is 0.329. The van der Waals surface area contributed by atoms with Crippen LogP contribution in [0.4, 0.5) is 5.69 Å². The van der Waals surface area contributed by atoms with Gasteiger partial charge in [-0.05, 0) is 36.4 Å². The molecule has 0 unspecified atom stereocenters. The summed E-state index contributed by atoms with van der Waals surface area (Å²) in [6.45, 7) is 0. The van der Waals surface area contributed by atoms with Crippen molar-refractivity contribution >= 4 is 17.4 Å². The summed E-state index contributed by atoms with van der Waals surface area (Å²) >= 11 is 1.65. The largest absolute Gasteiger partial charge is 0.398 e. The van der Waals surface area contributed by atoms with Gasteiger partial charge in [-0.2, -0.15) is 0 Å². The Kier molecular flexibility index (Phi) is 4.71. The number of para-hydroxylation sites is 1. The summed E-state index contributed by atoms with van der Waals surface area (Å²) < 4.78 is 6.21. The molecular weight excluding hydrogens is 338 g/mol. The van der Waals surface area contributed by atoms with E-state index in [1.807, 2.05) is 60.7 Å². The van der Waals surface area contributed by atoms with Gasteiger partial charge in [0.15, 0.2) is 0 Å². The zero-order valence-corrected chi connectivity index (χ0v) is 14.9. The van der Waals surface area contributed by atoms with Gasteiger partial charge >= 0.3 is 11.5 Å². The highest BCUT2D eigenvalue weighted by molar-refractivity contribution is 7.99. The van der Waals surface area contributed by atoms with Crippen LogP contribution in [0.25, 0.3) is 22.6 Å². The van der Waals surface area contributed by atoms with E-state index in [0.29, 0.717) is 0 Å². The number of hydrogen-bond acceptors (Lipinski definition) is 2. The Bertz CT molecular complexity index is 959. The summed E-state index contributed by atoms with van der Waals surface area (Å²) in [4.78, 5) is 2.13. The summed E-state index contributed by atoms with van der Waals surface area (Å²) in [6, 6.07) is 32.3. The van der Waals surface area contributed by atoms with Crippen LogP contribution < -0.4 is 5.73 Å². The molecule has 0 radical (unpaired) electrons. The molecule has 0 saturated carbocycles. The molecule has 0 atom stereocenters. The van der Waals surface area contributed by atoms with Crippen LogP contribution >= 0.6 is 11.8 Å². The highest BCUT2D eigenvalue weighted by Gasteiger charge is 2.20. The van der Waals surface area contributed by atoms with Crippen molar-refractivity contribution in [3.05, 3.63) is 97.1 Å². The van der Waals surface area contributed by atoms with Crippen LogP contribution in [-0.4, -0.2) is 0 Å². The maximum atomic E-state index is 6.21. The van der Waals surface area contributed by atoms with E-state index in [0.717, 1.165) is 38.1 Å². The molecule has 2 nitrogen and oxygen atoms in total. The number of nitrogens with two attached hydrogens (primary N) is 1. The van der Waals surface area contributed by atoms with Gasteiger partial charge in [-0.3, -0.25) is 0 Å². The van der Waals surface area contributed by atoms with Gasteiger partial charge in [0.25, 0.3) is 0 Å². The lowest BCUT2D eigenvalue weighted by molar-refractivity contribution is 0.577. The van der Waals surface area contributed by atoms with Crippen molar-refractivity contribution in [2.24, 2.45) is 0 Å². The van der Waals surface area contributed by atoms with Crippen molar-refractivity contribution in [1.82, 2.24) is 0 Å². The molecule has 26 heavy (non-hydrogen) atoms. The molecule has 0 amide bonds. The molecular formula is C23H18NOS+. The summed E-state index contributed by atoms with van der Waals surface area (Å²) in [7, 11) is 0. The summed E-state index contributed by atoms with van der Waals surface area (Å²) in [5.41, 5.74) is 9.00. The van der Waals surface area contributed by atoms with Crippen LogP contribution in [0, 0.1) is 0 Å². The van der Waals surface area contributed by atoms with E-state index in [1.165, 1.54) is 0 Å². The Morgan fingerprint density at radius 2 is 1.12 bits per heavy atom. The zero-order valence-electron chi connectivity index (χ0n) is 14.1. The predicted octanol–water partition coefficient (Wildman–Crippen LogP) is 6.63. The first-order valence-corrected chi connectivity index (χ1v) is 9.23. The van der Waals surface area contributed by atoms with Gasteiger partial charge < -0.3 is 5.73 Å². The first-order valence-electron chi connectivity index (χ1n) is 8.41. The number of rotatable bonds is 4. The Balaban J connectivity index is 1.82. The minimum absolute atomic E-state index is 0.779. The molecule has 3 heteroatoms. The molecule has 0 bridgehead atoms. The van der Waals surface area contributed by atoms with E-state index in [1.54, 1.807) is 11.8 Å². The average Bonchev–Trinajstić information content (AvgIpc) is 2.71. The fourth-order valence-corrected chi connectivity index (χ4v) is 3.64. The summed E-state index contributed by atoms with van der Waals surface area (Å²) in [6.07, 6.45) is 0. The minimum atomic E-state index is 0.779. The van der Waals surface area contributed by atoms with E-state index in [-0.39, 0.29) is 0 Å². The lowest BCUT2D eigenvalue weighted by Crippen LogP contribution is -1.88. The minimum Gasteiger partial charge on any atom is -0.398 e. The van der Waals surface area contributed by atoms with Crippen LogP contribution in [-0.2, 0) is 0 Å². The van der Waals surface area contributed by atoms with E-state index in [2.05, 4.69) is 36.4 Å². The molecule has 0 saturated heterocycles. The lowest BCUT2D eigenvalue weighted by atomic mass is 10.1. The predicted molar refractivity (Wildman–Crippen MR) is 109 cm³/mol. The smallest absolute Gasteiger partial charge is 0.361 e. The standard InChI is InChI=1S/C23H18NOS/c24-20-13-7-8-14-23(20)26-19-15-21(17-9-3-1-4-10-17)25-22(16-19)18-11-5-2-6-12-18/h1-16H,24H2/q+1. The third-order valence-electron chi connectivity index (χ3n) is 4.03. The van der Waals surface area contributed by atoms with E-state index >= 15 is 0 Å². The highest BCUT2D eigenvalue weighted by Crippen LogP contribution is 2.37. The first kappa shape index (κ1) is 16.4. The van der Waals surface area contributed by atoms with Gasteiger partial charge in [-0.15, -0.1) is 0 Å². The van der Waals surface area contributed by atoms with E-state index in [9.17, 15) is 0 Å². The molecule has 4 rings (SSSR count). The first-order chi connectivity index (χ1) is 12.8. The van der Waals surface area contributed by atoms with Gasteiger partial charge in [0.2, 0.25) is 0 Å². The Hall–Kier alpha value is -3.04. The monoisotopic (exact) mass is 356 g/mol. The molecule has 0 spiro atoms. The van der Waals surface area contributed by atoms with Crippen molar-refractivity contribution in [3.8, 4) is 22.6 Å². The highest BCUT2D eigenvalue weighted by atomic mass is 32.2. The van der Waals surface area contributed by atoms with E-state index < -0.39 is 0 Å². The molecule has 0 aliphatic rings. The summed E-state index contributed by atoms with van der Waals surface area (Å²) in [5.74, 6) is 1.67. The number of anilines is 1. The van der Waals surface area contributed by atoms with Crippen molar-refractivity contribution in [3.63, 3.8) is 0 Å². The molecule has 4 aromatic rings. The second kappa shape index (κ2) is 7.46. The third-order valence-corrected chi connectivity index (χ3v) is 5.09. The normalized spacial score (nSPS) is 10.6. The molecule has 1 heterocycles. The Morgan fingerprint density at radius 3 is 1.65 bits per heavy atom. The molecule has 0 aliphatic heterocycles. The summed E-state index contributed by atoms with van der Waals surface area (Å²) in [5, 5.41) is 0. The van der Waals surface area contributed by atoms with Crippen LogP contribution in [0.2, 0.25) is 0 Å². The van der Waals surface area contributed by atoms with Crippen molar-refractivity contribution < 1.29 is 4.42 Å². The lowest BCUT2D eigenvalue weighted by Gasteiger charge is -2.05. The van der Waals surface area contributed by atoms with E-state index in [4.69, 9.17) is 10.2 Å². The molecule has 0 aliphatic carbocycles. The van der Waals surface area contributed by atoms with Gasteiger partial charge in [0, 0.05) is 15.5 Å². The van der Waals surface area contributed by atoms with Crippen LogP contribution in [0.3, 0.4) is 0 Å². The van der Waals surface area contributed by atoms with Crippen molar-refractivity contribution in [2.45, 2.75) is 9.79 Å². The third kappa shape index (κ3) is 3.63. The van der Waals surface area contributed by atoms with Crippen LogP contribution in [0.15, 0.2) is 111 Å². The average molecular weight is 356 g/mol. The van der Waals surface area contributed by atoms with Crippen LogP contribution in [0.1, 0.15) is 0 Å². The Labute approximate surface area is 157 Å². The number of benzene rings is 3. The van der Waals surface area contributed by atoms with Gasteiger partial charge in [0.1, 0.15) is 0 Å². The van der Waals surface area contributed by atoms with Gasteiger partial charge in [-0.1, -0.05) is 60.3 Å². The fraction of sp³-hybridized carbons (Fsp3) is 0. The zero-order chi connectivity index (χ0) is 17.8. The number of hydrogen-bond donors (Lipinski definition) is 1. The van der Waals surface area contributed by atoms with Crippen molar-refractivity contribution in [2.75, 3.05) is 5.73 Å².